The molecule has 4 nitrogen and oxygen atoms in total. The van der Waals surface area contributed by atoms with Gasteiger partial charge in [0, 0.05) is 12.0 Å². The molecule has 2 heterocycles. The number of thiophene rings is 1. The first kappa shape index (κ1) is 19.2. The van der Waals surface area contributed by atoms with E-state index in [1.54, 1.807) is 11.3 Å². The minimum atomic E-state index is -0.121. The average molecular weight is 395 g/mol. The summed E-state index contributed by atoms with van der Waals surface area (Å²) in [5, 5.41) is 15.9. The third-order valence-electron chi connectivity index (χ3n) is 5.93. The topological polar surface area (TPSA) is 69.5 Å². The molecule has 1 aromatic carbocycles. The molecule has 0 spiro atoms. The van der Waals surface area contributed by atoms with Crippen LogP contribution >= 0.6 is 11.3 Å². The normalized spacial score (nSPS) is 19.2. The van der Waals surface area contributed by atoms with Crippen LogP contribution in [0, 0.1) is 11.3 Å². The predicted octanol–water partition coefficient (Wildman–Crippen LogP) is 3.88. The number of quaternary nitrogens is 1. The number of hydrogen-bond acceptors (Lipinski definition) is 3. The molecule has 0 unspecified atom stereocenters. The number of carbonyl (C=O) groups is 1. The highest BCUT2D eigenvalue weighted by atomic mass is 32.1. The summed E-state index contributed by atoms with van der Waals surface area (Å²) in [5.41, 5.74) is 5.01. The summed E-state index contributed by atoms with van der Waals surface area (Å²) in [6, 6.07) is 8.41. The molecule has 1 aliphatic carbocycles. The SMILES string of the molecule is CC1(C)Cc2c(sc(NC(=O)c3ccc4c(c3)CCCC4)c2C#N)C(C)(C)[NH2+]1. The van der Waals surface area contributed by atoms with E-state index < -0.39 is 0 Å². The van der Waals surface area contributed by atoms with Crippen LogP contribution in [0.2, 0.25) is 0 Å². The number of carbonyl (C=O) groups excluding carboxylic acids is 1. The molecule has 5 heteroatoms. The maximum atomic E-state index is 12.9. The second-order valence-corrected chi connectivity index (χ2v) is 10.4. The summed E-state index contributed by atoms with van der Waals surface area (Å²) in [6.45, 7) is 8.81. The molecule has 28 heavy (non-hydrogen) atoms. The van der Waals surface area contributed by atoms with Crippen LogP contribution in [0.3, 0.4) is 0 Å². The van der Waals surface area contributed by atoms with E-state index in [0.29, 0.717) is 16.1 Å². The highest BCUT2D eigenvalue weighted by Gasteiger charge is 2.44. The fourth-order valence-corrected chi connectivity index (χ4v) is 6.20. The van der Waals surface area contributed by atoms with Crippen molar-refractivity contribution >= 4 is 22.2 Å². The second-order valence-electron chi connectivity index (χ2n) is 9.40. The molecule has 0 radical (unpaired) electrons. The highest BCUT2D eigenvalue weighted by molar-refractivity contribution is 7.16. The average Bonchev–Trinajstić information content (AvgIpc) is 2.97. The molecule has 0 bridgehead atoms. The molecular formula is C23H28N3OS+. The van der Waals surface area contributed by atoms with Crippen molar-refractivity contribution in [3.8, 4) is 6.07 Å². The molecule has 146 valence electrons. The van der Waals surface area contributed by atoms with Gasteiger partial charge in [0.2, 0.25) is 0 Å². The Balaban J connectivity index is 1.67. The molecule has 0 atom stereocenters. The van der Waals surface area contributed by atoms with Crippen molar-refractivity contribution in [1.82, 2.24) is 0 Å². The summed E-state index contributed by atoms with van der Waals surface area (Å²) in [4.78, 5) is 14.1. The summed E-state index contributed by atoms with van der Waals surface area (Å²) in [6.07, 6.45) is 5.41. The van der Waals surface area contributed by atoms with Gasteiger partial charge < -0.3 is 10.6 Å². The van der Waals surface area contributed by atoms with Crippen molar-refractivity contribution in [2.45, 2.75) is 70.9 Å². The lowest BCUT2D eigenvalue weighted by Crippen LogP contribution is -3.03. The molecule has 2 aromatic rings. The summed E-state index contributed by atoms with van der Waals surface area (Å²) in [7, 11) is 0. The number of nitrogens with two attached hydrogens (primary N) is 1. The van der Waals surface area contributed by atoms with Crippen molar-refractivity contribution in [2.24, 2.45) is 0 Å². The molecule has 1 aliphatic heterocycles. The van der Waals surface area contributed by atoms with Gasteiger partial charge in [0.15, 0.2) is 0 Å². The van der Waals surface area contributed by atoms with E-state index in [1.165, 1.54) is 28.8 Å². The number of nitrogens with one attached hydrogen (secondary N) is 1. The molecule has 0 fully saturated rings. The van der Waals surface area contributed by atoms with E-state index in [-0.39, 0.29) is 17.0 Å². The summed E-state index contributed by atoms with van der Waals surface area (Å²) >= 11 is 1.56. The molecule has 3 N–H and O–H groups in total. The zero-order valence-corrected chi connectivity index (χ0v) is 17.9. The van der Waals surface area contributed by atoms with Crippen LogP contribution in [0.5, 0.6) is 0 Å². The minimum absolute atomic E-state index is 0.0307. The van der Waals surface area contributed by atoms with Crippen molar-refractivity contribution in [3.63, 3.8) is 0 Å². The van der Waals surface area contributed by atoms with Gasteiger partial charge >= 0.3 is 0 Å². The Kier molecular flexibility index (Phi) is 4.60. The number of fused-ring (bicyclic) bond motifs is 2. The van der Waals surface area contributed by atoms with Crippen LogP contribution < -0.4 is 10.6 Å². The van der Waals surface area contributed by atoms with Gasteiger partial charge in [-0.05, 0) is 82.2 Å². The van der Waals surface area contributed by atoms with Gasteiger partial charge in [0.25, 0.3) is 5.91 Å². The number of anilines is 1. The summed E-state index contributed by atoms with van der Waals surface area (Å²) < 4.78 is 0. The maximum Gasteiger partial charge on any atom is 0.256 e. The number of benzene rings is 1. The molecule has 0 saturated carbocycles. The molecule has 2 aliphatic rings. The van der Waals surface area contributed by atoms with Crippen LogP contribution in [0.25, 0.3) is 0 Å². The number of rotatable bonds is 2. The van der Waals surface area contributed by atoms with Gasteiger partial charge in [-0.3, -0.25) is 4.79 Å². The highest BCUT2D eigenvalue weighted by Crippen LogP contribution is 2.41. The fourth-order valence-electron chi connectivity index (χ4n) is 4.96. The van der Waals surface area contributed by atoms with Crippen molar-refractivity contribution in [2.75, 3.05) is 5.32 Å². The zero-order chi connectivity index (χ0) is 20.1. The van der Waals surface area contributed by atoms with E-state index in [9.17, 15) is 10.1 Å². The summed E-state index contributed by atoms with van der Waals surface area (Å²) in [5.74, 6) is -0.121. The lowest BCUT2D eigenvalue weighted by Gasteiger charge is -2.38. The van der Waals surface area contributed by atoms with Crippen molar-refractivity contribution < 1.29 is 10.1 Å². The smallest absolute Gasteiger partial charge is 0.256 e. The first-order valence-corrected chi connectivity index (χ1v) is 10.9. The Labute approximate surface area is 171 Å². The lowest BCUT2D eigenvalue weighted by molar-refractivity contribution is -0.789. The Morgan fingerprint density at radius 3 is 2.61 bits per heavy atom. The third-order valence-corrected chi connectivity index (χ3v) is 7.41. The number of nitrogens with zero attached hydrogens (tertiary/aromatic N) is 1. The predicted molar refractivity (Wildman–Crippen MR) is 113 cm³/mol. The fraction of sp³-hybridized carbons (Fsp3) is 0.478. The van der Waals surface area contributed by atoms with Gasteiger partial charge in [0.05, 0.1) is 16.0 Å². The Morgan fingerprint density at radius 1 is 1.18 bits per heavy atom. The molecule has 1 amide bonds. The van der Waals surface area contributed by atoms with Gasteiger partial charge in [0.1, 0.15) is 16.6 Å². The van der Waals surface area contributed by atoms with E-state index in [1.807, 2.05) is 12.1 Å². The van der Waals surface area contributed by atoms with Gasteiger partial charge in [-0.15, -0.1) is 11.3 Å². The Hall–Kier alpha value is -2.16. The lowest BCUT2D eigenvalue weighted by atomic mass is 9.81. The second kappa shape index (κ2) is 6.72. The van der Waals surface area contributed by atoms with Crippen molar-refractivity contribution in [1.29, 1.82) is 5.26 Å². The quantitative estimate of drug-likeness (QED) is 0.811. The van der Waals surface area contributed by atoms with Gasteiger partial charge in [-0.2, -0.15) is 5.26 Å². The van der Waals surface area contributed by atoms with Crippen LogP contribution in [0.4, 0.5) is 5.00 Å². The van der Waals surface area contributed by atoms with Crippen LogP contribution in [-0.2, 0) is 24.8 Å². The van der Waals surface area contributed by atoms with Crippen LogP contribution in [0.1, 0.15) is 78.0 Å². The van der Waals surface area contributed by atoms with E-state index in [4.69, 9.17) is 0 Å². The number of amides is 1. The van der Waals surface area contributed by atoms with Crippen LogP contribution in [0.15, 0.2) is 18.2 Å². The van der Waals surface area contributed by atoms with Gasteiger partial charge in [-0.1, -0.05) is 6.07 Å². The van der Waals surface area contributed by atoms with E-state index >= 15 is 0 Å². The monoisotopic (exact) mass is 394 g/mol. The van der Waals surface area contributed by atoms with E-state index in [2.05, 4.69) is 50.5 Å². The largest absolute Gasteiger partial charge is 0.333 e. The minimum Gasteiger partial charge on any atom is -0.333 e. The Morgan fingerprint density at radius 2 is 1.89 bits per heavy atom. The number of nitriles is 1. The maximum absolute atomic E-state index is 12.9. The number of aryl methyl sites for hydroxylation is 2. The standard InChI is InChI=1S/C23H27N3OS/c1-22(2)12-17-18(13-24)21(28-19(17)23(3,4)26-22)25-20(27)16-10-9-14-7-5-6-8-15(14)11-16/h9-11,26H,5-8,12H2,1-4H3,(H,25,27)/p+1. The van der Waals surface area contributed by atoms with Crippen LogP contribution in [-0.4, -0.2) is 11.4 Å². The molecule has 0 saturated heterocycles. The van der Waals surface area contributed by atoms with Crippen molar-refractivity contribution in [3.05, 3.63) is 50.9 Å². The first-order chi connectivity index (χ1) is 13.2. The molecule has 4 rings (SSSR count). The van der Waals surface area contributed by atoms with Gasteiger partial charge in [-0.25, -0.2) is 0 Å². The molecule has 1 aromatic heterocycles. The third kappa shape index (κ3) is 3.36. The first-order valence-electron chi connectivity index (χ1n) is 10.1. The number of hydrogen-bond donors (Lipinski definition) is 2. The Bertz CT molecular complexity index is 994. The molecular weight excluding hydrogens is 366 g/mol. The zero-order valence-electron chi connectivity index (χ0n) is 17.1. The van der Waals surface area contributed by atoms with E-state index in [0.717, 1.165) is 24.8 Å².